The van der Waals surface area contributed by atoms with Gasteiger partial charge < -0.3 is 15.4 Å². The smallest absolute Gasteiger partial charge is 0.330 e. The van der Waals surface area contributed by atoms with E-state index in [9.17, 15) is 9.59 Å². The minimum Gasteiger partial charge on any atom is -0.467 e. The van der Waals surface area contributed by atoms with E-state index in [2.05, 4.69) is 10.6 Å². The summed E-state index contributed by atoms with van der Waals surface area (Å²) in [4.78, 5) is 23.8. The third-order valence-electron chi connectivity index (χ3n) is 4.31. The summed E-state index contributed by atoms with van der Waals surface area (Å²) in [5.74, 6) is 0.104. The first-order chi connectivity index (χ1) is 8.94. The zero-order valence-corrected chi connectivity index (χ0v) is 12.0. The highest BCUT2D eigenvalue weighted by Gasteiger charge is 2.40. The van der Waals surface area contributed by atoms with Gasteiger partial charge in [0.15, 0.2) is 0 Å². The molecule has 19 heavy (non-hydrogen) atoms. The van der Waals surface area contributed by atoms with Crippen LogP contribution in [0, 0.1) is 5.92 Å². The molecule has 2 N–H and O–H groups in total. The monoisotopic (exact) mass is 268 g/mol. The Hall–Kier alpha value is -1.10. The van der Waals surface area contributed by atoms with Gasteiger partial charge in [-0.15, -0.1) is 0 Å². The van der Waals surface area contributed by atoms with E-state index in [1.54, 1.807) is 13.8 Å². The molecule has 1 aliphatic carbocycles. The highest BCUT2D eigenvalue weighted by Crippen LogP contribution is 2.33. The van der Waals surface area contributed by atoms with Gasteiger partial charge in [0.25, 0.3) is 0 Å². The van der Waals surface area contributed by atoms with Gasteiger partial charge in [-0.3, -0.25) is 4.79 Å². The van der Waals surface area contributed by atoms with Crippen molar-refractivity contribution in [1.29, 1.82) is 0 Å². The molecule has 0 bridgehead atoms. The Morgan fingerprint density at radius 1 is 1.26 bits per heavy atom. The lowest BCUT2D eigenvalue weighted by atomic mass is 9.85. The average molecular weight is 268 g/mol. The molecule has 5 heteroatoms. The molecule has 1 saturated carbocycles. The van der Waals surface area contributed by atoms with Crippen molar-refractivity contribution in [2.24, 2.45) is 5.92 Å². The Morgan fingerprint density at radius 2 is 1.95 bits per heavy atom. The van der Waals surface area contributed by atoms with E-state index in [1.807, 2.05) is 0 Å². The number of fused-ring (bicyclic) bond motifs is 1. The van der Waals surface area contributed by atoms with Gasteiger partial charge in [0.2, 0.25) is 5.91 Å². The lowest BCUT2D eigenvalue weighted by molar-refractivity contribution is -0.149. The van der Waals surface area contributed by atoms with Crippen molar-refractivity contribution >= 4 is 11.9 Å². The topological polar surface area (TPSA) is 67.4 Å². The van der Waals surface area contributed by atoms with E-state index in [-0.39, 0.29) is 11.9 Å². The van der Waals surface area contributed by atoms with Crippen LogP contribution >= 0.6 is 0 Å². The van der Waals surface area contributed by atoms with Crippen molar-refractivity contribution in [3.63, 3.8) is 0 Å². The van der Waals surface area contributed by atoms with E-state index in [0.717, 1.165) is 12.8 Å². The third kappa shape index (κ3) is 3.08. The first kappa shape index (κ1) is 14.3. The summed E-state index contributed by atoms with van der Waals surface area (Å²) in [7, 11) is 1.33. The third-order valence-corrected chi connectivity index (χ3v) is 4.31. The molecular weight excluding hydrogens is 244 g/mol. The minimum atomic E-state index is -0.971. The van der Waals surface area contributed by atoms with Gasteiger partial charge in [-0.05, 0) is 39.0 Å². The number of rotatable bonds is 3. The van der Waals surface area contributed by atoms with Crippen LogP contribution in [-0.2, 0) is 14.3 Å². The molecule has 1 heterocycles. The second kappa shape index (κ2) is 5.49. The number of hydrogen-bond donors (Lipinski definition) is 2. The van der Waals surface area contributed by atoms with Crippen LogP contribution in [0.5, 0.6) is 0 Å². The number of hydrogen-bond acceptors (Lipinski definition) is 4. The summed E-state index contributed by atoms with van der Waals surface area (Å²) in [5.41, 5.74) is -0.971. The largest absolute Gasteiger partial charge is 0.467 e. The van der Waals surface area contributed by atoms with Crippen molar-refractivity contribution in [2.45, 2.75) is 63.6 Å². The second-order valence-electron chi connectivity index (χ2n) is 6.21. The molecule has 0 spiro atoms. The van der Waals surface area contributed by atoms with E-state index in [4.69, 9.17) is 4.74 Å². The van der Waals surface area contributed by atoms with Crippen LogP contribution < -0.4 is 10.6 Å². The number of nitrogens with one attached hydrogen (secondary N) is 2. The average Bonchev–Trinajstić information content (AvgIpc) is 2.81. The van der Waals surface area contributed by atoms with E-state index in [1.165, 1.54) is 26.4 Å². The molecule has 0 radical (unpaired) electrons. The molecule has 108 valence electrons. The highest BCUT2D eigenvalue weighted by molar-refractivity contribution is 5.90. The van der Waals surface area contributed by atoms with Crippen LogP contribution in [0.2, 0.25) is 0 Å². The van der Waals surface area contributed by atoms with Gasteiger partial charge >= 0.3 is 5.97 Å². The second-order valence-corrected chi connectivity index (χ2v) is 6.21. The molecule has 3 atom stereocenters. The first-order valence-corrected chi connectivity index (χ1v) is 7.10. The number of methoxy groups -OCH3 is 1. The summed E-state index contributed by atoms with van der Waals surface area (Å²) < 4.78 is 4.70. The summed E-state index contributed by atoms with van der Waals surface area (Å²) >= 11 is 0. The van der Waals surface area contributed by atoms with Crippen LogP contribution in [0.25, 0.3) is 0 Å². The number of carbonyl (C=O) groups excluding carboxylic acids is 2. The summed E-state index contributed by atoms with van der Waals surface area (Å²) in [6.45, 7) is 3.33. The molecule has 1 amide bonds. The maximum Gasteiger partial charge on any atom is 0.330 e. The zero-order valence-electron chi connectivity index (χ0n) is 12.0. The molecule has 2 rings (SSSR count). The van der Waals surface area contributed by atoms with Crippen molar-refractivity contribution in [1.82, 2.24) is 10.6 Å². The summed E-state index contributed by atoms with van der Waals surface area (Å²) in [5, 5.41) is 6.19. The highest BCUT2D eigenvalue weighted by atomic mass is 16.5. The molecule has 3 unspecified atom stereocenters. The Bertz CT molecular complexity index is 354. The SMILES string of the molecule is COC(=O)C(C)(C)NC(=O)C1CC2CCCCC2N1. The van der Waals surface area contributed by atoms with E-state index < -0.39 is 11.5 Å². The van der Waals surface area contributed by atoms with Crippen LogP contribution in [0.4, 0.5) is 0 Å². The minimum absolute atomic E-state index is 0.0928. The predicted molar refractivity (Wildman–Crippen MR) is 71.5 cm³/mol. The standard InChI is InChI=1S/C14H24N2O3/c1-14(2,13(18)19-3)16-12(17)11-8-9-6-4-5-7-10(9)15-11/h9-11,15H,4-8H2,1-3H3,(H,16,17). The van der Waals surface area contributed by atoms with Crippen LogP contribution in [0.1, 0.15) is 46.0 Å². The Morgan fingerprint density at radius 3 is 2.58 bits per heavy atom. The normalized spacial score (nSPS) is 30.6. The van der Waals surface area contributed by atoms with Crippen LogP contribution in [0.15, 0.2) is 0 Å². The van der Waals surface area contributed by atoms with Crippen molar-refractivity contribution in [3.8, 4) is 0 Å². The molecule has 1 aliphatic heterocycles. The van der Waals surface area contributed by atoms with Crippen LogP contribution in [-0.4, -0.2) is 36.6 Å². The maximum atomic E-state index is 12.2. The van der Waals surface area contributed by atoms with Gasteiger partial charge in [0.1, 0.15) is 5.54 Å². The van der Waals surface area contributed by atoms with Gasteiger partial charge in [-0.1, -0.05) is 12.8 Å². The van der Waals surface area contributed by atoms with Gasteiger partial charge in [-0.25, -0.2) is 4.79 Å². The maximum absolute atomic E-state index is 12.2. The molecule has 2 aliphatic rings. The van der Waals surface area contributed by atoms with Crippen molar-refractivity contribution in [2.75, 3.05) is 7.11 Å². The van der Waals surface area contributed by atoms with Crippen molar-refractivity contribution in [3.05, 3.63) is 0 Å². The number of esters is 1. The molecule has 1 saturated heterocycles. The molecule has 0 aromatic carbocycles. The first-order valence-electron chi connectivity index (χ1n) is 7.10. The van der Waals surface area contributed by atoms with E-state index in [0.29, 0.717) is 12.0 Å². The zero-order chi connectivity index (χ0) is 14.0. The Balaban J connectivity index is 1.92. The number of ether oxygens (including phenoxy) is 1. The molecular formula is C14H24N2O3. The van der Waals surface area contributed by atoms with Gasteiger partial charge in [0.05, 0.1) is 13.2 Å². The lowest BCUT2D eigenvalue weighted by Crippen LogP contribution is -2.55. The summed E-state index contributed by atoms with van der Waals surface area (Å²) in [6, 6.07) is 0.308. The van der Waals surface area contributed by atoms with E-state index >= 15 is 0 Å². The molecule has 0 aromatic heterocycles. The number of amides is 1. The number of carbonyl (C=O) groups is 2. The fourth-order valence-corrected chi connectivity index (χ4v) is 3.22. The Kier molecular flexibility index (Phi) is 4.13. The van der Waals surface area contributed by atoms with Crippen LogP contribution in [0.3, 0.4) is 0 Å². The molecule has 2 fully saturated rings. The molecule has 5 nitrogen and oxygen atoms in total. The Labute approximate surface area is 114 Å². The fourth-order valence-electron chi connectivity index (χ4n) is 3.22. The molecule has 0 aromatic rings. The van der Waals surface area contributed by atoms with Gasteiger partial charge in [0, 0.05) is 6.04 Å². The van der Waals surface area contributed by atoms with Gasteiger partial charge in [-0.2, -0.15) is 0 Å². The predicted octanol–water partition coefficient (Wildman–Crippen LogP) is 0.975. The van der Waals surface area contributed by atoms with Crippen molar-refractivity contribution < 1.29 is 14.3 Å². The quantitative estimate of drug-likeness (QED) is 0.749. The lowest BCUT2D eigenvalue weighted by Gasteiger charge is -2.25. The fraction of sp³-hybridized carbons (Fsp3) is 0.857. The summed E-state index contributed by atoms with van der Waals surface area (Å²) in [6.07, 6.45) is 5.77.